The molecule has 0 saturated carbocycles. The minimum Gasteiger partial charge on any atom is -0.444 e. The van der Waals surface area contributed by atoms with Gasteiger partial charge < -0.3 is 25.2 Å². The summed E-state index contributed by atoms with van der Waals surface area (Å²) < 4.78 is 20.2. The summed E-state index contributed by atoms with van der Waals surface area (Å²) in [7, 11) is 1.59. The predicted molar refractivity (Wildman–Crippen MR) is 138 cm³/mol. The lowest BCUT2D eigenvalue weighted by molar-refractivity contribution is -0.119. The number of hydrogen-bond donors (Lipinski definition) is 2. The van der Waals surface area contributed by atoms with Crippen molar-refractivity contribution in [2.45, 2.75) is 51.4 Å². The van der Waals surface area contributed by atoms with Crippen LogP contribution >= 0.6 is 0 Å². The van der Waals surface area contributed by atoms with Crippen molar-refractivity contribution in [3.05, 3.63) is 65.5 Å². The average molecular weight is 510 g/mol. The highest BCUT2D eigenvalue weighted by atomic mass is 19.1. The van der Waals surface area contributed by atoms with Crippen molar-refractivity contribution < 1.29 is 23.5 Å². The second kappa shape index (κ2) is 10.6. The van der Waals surface area contributed by atoms with E-state index in [1.54, 1.807) is 75.2 Å². The Bertz CT molecular complexity index is 1230. The average Bonchev–Trinajstić information content (AvgIpc) is 2.94. The van der Waals surface area contributed by atoms with Gasteiger partial charge in [-0.2, -0.15) is 0 Å². The molecule has 2 aromatic rings. The molecule has 10 heteroatoms. The molecule has 0 spiro atoms. The van der Waals surface area contributed by atoms with Gasteiger partial charge in [-0.1, -0.05) is 30.3 Å². The number of piperidine rings is 1. The Labute approximate surface area is 215 Å². The summed E-state index contributed by atoms with van der Waals surface area (Å²) in [6, 6.07) is 12.3. The molecular weight excluding hydrogens is 477 g/mol. The van der Waals surface area contributed by atoms with Crippen molar-refractivity contribution in [2.75, 3.05) is 25.0 Å². The highest BCUT2D eigenvalue weighted by molar-refractivity contribution is 6.20. The maximum atomic E-state index is 14.8. The molecular formula is C27H32FN5O4. The van der Waals surface area contributed by atoms with E-state index in [2.05, 4.69) is 15.6 Å². The van der Waals surface area contributed by atoms with E-state index >= 15 is 0 Å². The summed E-state index contributed by atoms with van der Waals surface area (Å²) in [6.07, 6.45) is -0.352. The summed E-state index contributed by atoms with van der Waals surface area (Å²) in [5.41, 5.74) is 1.01. The van der Waals surface area contributed by atoms with Gasteiger partial charge in [0.15, 0.2) is 0 Å². The molecule has 196 valence electrons. The lowest BCUT2D eigenvalue weighted by atomic mass is 10.00. The number of carbonyl (C=O) groups excluding carboxylic acids is 3. The van der Waals surface area contributed by atoms with Crippen molar-refractivity contribution >= 4 is 29.4 Å². The van der Waals surface area contributed by atoms with Gasteiger partial charge in [-0.15, -0.1) is 0 Å². The van der Waals surface area contributed by atoms with E-state index in [0.29, 0.717) is 30.6 Å². The number of halogens is 1. The number of carbonyl (C=O) groups is 3. The number of para-hydroxylation sites is 1. The Morgan fingerprint density at radius 1 is 1.05 bits per heavy atom. The van der Waals surface area contributed by atoms with Crippen LogP contribution in [0.2, 0.25) is 0 Å². The van der Waals surface area contributed by atoms with Gasteiger partial charge in [0.1, 0.15) is 11.4 Å². The third-order valence-electron chi connectivity index (χ3n) is 6.15. The van der Waals surface area contributed by atoms with Crippen LogP contribution in [0.1, 0.15) is 44.7 Å². The first-order chi connectivity index (χ1) is 17.5. The number of benzodiazepines with no additional fused rings is 1. The first kappa shape index (κ1) is 26.1. The molecule has 2 atom stereocenters. The predicted octanol–water partition coefficient (Wildman–Crippen LogP) is 3.66. The molecule has 0 bridgehead atoms. The molecule has 2 N–H and O–H groups in total. The number of urea groups is 1. The molecule has 1 fully saturated rings. The number of likely N-dealkylation sites (tertiary alicyclic amines) is 1. The van der Waals surface area contributed by atoms with Crippen LogP contribution < -0.4 is 15.5 Å². The fraction of sp³-hybridized carbons (Fsp3) is 0.407. The minimum absolute atomic E-state index is 0.227. The van der Waals surface area contributed by atoms with Crippen LogP contribution in [0.3, 0.4) is 0 Å². The van der Waals surface area contributed by atoms with Gasteiger partial charge in [0.25, 0.3) is 5.91 Å². The van der Waals surface area contributed by atoms with Gasteiger partial charge in [-0.3, -0.25) is 4.79 Å². The quantitative estimate of drug-likeness (QED) is 0.659. The number of nitrogens with one attached hydrogen (secondary N) is 2. The lowest BCUT2D eigenvalue weighted by Gasteiger charge is -2.34. The maximum Gasteiger partial charge on any atom is 0.410 e. The largest absolute Gasteiger partial charge is 0.444 e. The molecule has 2 unspecified atom stereocenters. The first-order valence-corrected chi connectivity index (χ1v) is 12.3. The summed E-state index contributed by atoms with van der Waals surface area (Å²) in [6.45, 7) is 6.22. The Hall–Kier alpha value is -3.95. The van der Waals surface area contributed by atoms with E-state index in [-0.39, 0.29) is 23.9 Å². The second-order valence-electron chi connectivity index (χ2n) is 10.2. The van der Waals surface area contributed by atoms with Gasteiger partial charge in [-0.05, 0) is 51.8 Å². The molecule has 9 nitrogen and oxygen atoms in total. The summed E-state index contributed by atoms with van der Waals surface area (Å²) in [5, 5.41) is 5.48. The first-order valence-electron chi connectivity index (χ1n) is 12.3. The molecule has 2 heterocycles. The highest BCUT2D eigenvalue weighted by Gasteiger charge is 2.33. The molecule has 2 aliphatic rings. The molecule has 2 aromatic carbocycles. The second-order valence-corrected chi connectivity index (χ2v) is 10.2. The number of aliphatic imine (C=N–C) groups is 1. The van der Waals surface area contributed by atoms with E-state index in [0.717, 1.165) is 0 Å². The van der Waals surface area contributed by atoms with E-state index < -0.39 is 35.6 Å². The Balaban J connectivity index is 1.53. The van der Waals surface area contributed by atoms with Crippen LogP contribution in [-0.2, 0) is 9.53 Å². The third-order valence-corrected chi connectivity index (χ3v) is 6.15. The number of likely N-dealkylation sites (N-methyl/N-ethyl adjacent to an activating group) is 1. The standard InChI is InChI=1S/C27H32FN5O4/c1-27(2,3)37-26(36)33-15-9-10-17(16-33)29-25(35)31-23-24(34)32(4)21-14-8-6-12-19(21)22(30-23)18-11-5-7-13-20(18)28/h5-8,11-14,17,23H,9-10,15-16H2,1-4H3,(H2,29,31,35). The fourth-order valence-electron chi connectivity index (χ4n) is 4.42. The lowest BCUT2D eigenvalue weighted by Crippen LogP contribution is -2.55. The van der Waals surface area contributed by atoms with Crippen LogP contribution in [0.5, 0.6) is 0 Å². The van der Waals surface area contributed by atoms with Crippen LogP contribution in [0.15, 0.2) is 53.5 Å². The van der Waals surface area contributed by atoms with Crippen LogP contribution in [0.4, 0.5) is 19.7 Å². The van der Waals surface area contributed by atoms with E-state index in [1.165, 1.54) is 11.0 Å². The van der Waals surface area contributed by atoms with Crippen molar-refractivity contribution in [1.29, 1.82) is 0 Å². The maximum absolute atomic E-state index is 14.8. The minimum atomic E-state index is -1.28. The van der Waals surface area contributed by atoms with Crippen molar-refractivity contribution in [3.8, 4) is 0 Å². The number of amides is 4. The van der Waals surface area contributed by atoms with Crippen LogP contribution in [-0.4, -0.2) is 66.6 Å². The van der Waals surface area contributed by atoms with Gasteiger partial charge in [0.2, 0.25) is 6.17 Å². The van der Waals surface area contributed by atoms with E-state index in [9.17, 15) is 18.8 Å². The third kappa shape index (κ3) is 6.07. The highest BCUT2D eigenvalue weighted by Crippen LogP contribution is 2.28. The number of fused-ring (bicyclic) bond motifs is 1. The fourth-order valence-corrected chi connectivity index (χ4v) is 4.42. The summed E-state index contributed by atoms with van der Waals surface area (Å²) >= 11 is 0. The van der Waals surface area contributed by atoms with E-state index in [1.807, 2.05) is 0 Å². The van der Waals surface area contributed by atoms with Crippen LogP contribution in [0.25, 0.3) is 0 Å². The zero-order valence-electron chi connectivity index (χ0n) is 21.5. The van der Waals surface area contributed by atoms with Gasteiger partial charge >= 0.3 is 12.1 Å². The van der Waals surface area contributed by atoms with Crippen molar-refractivity contribution in [2.24, 2.45) is 4.99 Å². The SMILES string of the molecule is CN1C(=O)C(NC(=O)NC2CCCN(C(=O)OC(C)(C)C)C2)N=C(c2ccccc2F)c2ccccc21. The molecule has 0 radical (unpaired) electrons. The van der Waals surface area contributed by atoms with Gasteiger partial charge in [0, 0.05) is 37.3 Å². The Kier molecular flexibility index (Phi) is 7.47. The van der Waals surface area contributed by atoms with Gasteiger partial charge in [-0.25, -0.2) is 19.0 Å². The summed E-state index contributed by atoms with van der Waals surface area (Å²) in [5.74, 6) is -0.950. The molecule has 4 amide bonds. The molecule has 1 saturated heterocycles. The van der Waals surface area contributed by atoms with Crippen molar-refractivity contribution in [1.82, 2.24) is 15.5 Å². The molecule has 2 aliphatic heterocycles. The number of hydrogen-bond acceptors (Lipinski definition) is 5. The molecule has 0 aromatic heterocycles. The van der Waals surface area contributed by atoms with Crippen LogP contribution in [0, 0.1) is 5.82 Å². The number of rotatable bonds is 3. The molecule has 37 heavy (non-hydrogen) atoms. The molecule has 4 rings (SSSR count). The van der Waals surface area contributed by atoms with Crippen molar-refractivity contribution in [3.63, 3.8) is 0 Å². The van der Waals surface area contributed by atoms with Gasteiger partial charge in [0.05, 0.1) is 11.4 Å². The normalized spacial score (nSPS) is 19.9. The Morgan fingerprint density at radius 2 is 1.73 bits per heavy atom. The molecule has 0 aliphatic carbocycles. The smallest absolute Gasteiger partial charge is 0.410 e. The monoisotopic (exact) mass is 509 g/mol. The topological polar surface area (TPSA) is 103 Å². The number of nitrogens with zero attached hydrogens (tertiary/aromatic N) is 3. The summed E-state index contributed by atoms with van der Waals surface area (Å²) in [4.78, 5) is 46.2. The zero-order valence-corrected chi connectivity index (χ0v) is 21.5. The number of ether oxygens (including phenoxy) is 1. The Morgan fingerprint density at radius 3 is 2.43 bits per heavy atom. The van der Waals surface area contributed by atoms with E-state index in [4.69, 9.17) is 4.74 Å². The number of benzene rings is 2. The zero-order chi connectivity index (χ0) is 26.7. The number of anilines is 1.